The first-order chi connectivity index (χ1) is 18.7. The van der Waals surface area contributed by atoms with Gasteiger partial charge in [0.25, 0.3) is 11.2 Å². The zero-order chi connectivity index (χ0) is 27.8. The second kappa shape index (κ2) is 10.4. The SMILES string of the molecule is COC(=O)C1=C(C)N=c2s/c(=C\c3ccc(-c4cccc([N+](=O)[O-])c4)o3)c(=O)n2[C@H]1c1cc(Cl)ccc1OC. The number of carbonyl (C=O) groups is 1. The van der Waals surface area contributed by atoms with E-state index in [1.165, 1.54) is 30.9 Å². The Morgan fingerprint density at radius 2 is 2.00 bits per heavy atom. The number of thiazole rings is 1. The predicted molar refractivity (Wildman–Crippen MR) is 145 cm³/mol. The lowest BCUT2D eigenvalue weighted by Crippen LogP contribution is -2.40. The number of nitrogens with zero attached hydrogens (tertiary/aromatic N) is 3. The fourth-order valence-corrected chi connectivity index (χ4v) is 5.60. The molecule has 0 saturated heterocycles. The highest BCUT2D eigenvalue weighted by atomic mass is 35.5. The van der Waals surface area contributed by atoms with Crippen LogP contribution in [-0.4, -0.2) is 29.7 Å². The summed E-state index contributed by atoms with van der Waals surface area (Å²) in [5.41, 5.74) is 1.13. The van der Waals surface area contributed by atoms with Crippen LogP contribution in [0.1, 0.15) is 24.3 Å². The normalized spacial score (nSPS) is 15.1. The molecule has 0 amide bonds. The van der Waals surface area contributed by atoms with Crippen LogP contribution in [0.5, 0.6) is 5.75 Å². The number of furan rings is 1. The summed E-state index contributed by atoms with van der Waals surface area (Å²) in [6.07, 6.45) is 1.56. The molecule has 4 aromatic rings. The number of benzene rings is 2. The largest absolute Gasteiger partial charge is 0.496 e. The third kappa shape index (κ3) is 4.77. The first kappa shape index (κ1) is 26.1. The smallest absolute Gasteiger partial charge is 0.338 e. The molecule has 2 aromatic heterocycles. The maximum Gasteiger partial charge on any atom is 0.338 e. The van der Waals surface area contributed by atoms with Gasteiger partial charge in [0.1, 0.15) is 23.3 Å². The molecule has 0 aliphatic carbocycles. The van der Waals surface area contributed by atoms with E-state index in [1.54, 1.807) is 55.5 Å². The average Bonchev–Trinajstić information content (AvgIpc) is 3.52. The molecular formula is C27H20ClN3O7S. The molecule has 0 bridgehead atoms. The number of methoxy groups -OCH3 is 2. The van der Waals surface area contributed by atoms with Gasteiger partial charge in [0.05, 0.1) is 34.9 Å². The first-order valence-electron chi connectivity index (χ1n) is 11.5. The molecule has 1 atom stereocenters. The maximum atomic E-state index is 13.8. The van der Waals surface area contributed by atoms with Gasteiger partial charge in [-0.15, -0.1) is 0 Å². The number of hydrogen-bond donors (Lipinski definition) is 0. The van der Waals surface area contributed by atoms with Crippen LogP contribution in [0, 0.1) is 10.1 Å². The minimum absolute atomic E-state index is 0.0630. The lowest BCUT2D eigenvalue weighted by Gasteiger charge is -2.25. The van der Waals surface area contributed by atoms with Crippen molar-refractivity contribution < 1.29 is 23.6 Å². The molecule has 0 radical (unpaired) electrons. The summed E-state index contributed by atoms with van der Waals surface area (Å²) in [5.74, 6) is 0.568. The molecule has 0 saturated carbocycles. The van der Waals surface area contributed by atoms with Crippen LogP contribution in [0.4, 0.5) is 5.69 Å². The second-order valence-corrected chi connectivity index (χ2v) is 9.91. The molecule has 0 spiro atoms. The van der Waals surface area contributed by atoms with Gasteiger partial charge in [0, 0.05) is 34.4 Å². The molecule has 5 rings (SSSR count). The number of non-ortho nitro benzene ring substituents is 1. The Hall–Kier alpha value is -4.48. The molecule has 0 fully saturated rings. The zero-order valence-electron chi connectivity index (χ0n) is 20.8. The molecule has 10 nitrogen and oxygen atoms in total. The van der Waals surface area contributed by atoms with Gasteiger partial charge in [-0.1, -0.05) is 35.1 Å². The Labute approximate surface area is 229 Å². The van der Waals surface area contributed by atoms with Gasteiger partial charge in [0.15, 0.2) is 4.80 Å². The number of allylic oxidation sites excluding steroid dienone is 1. The van der Waals surface area contributed by atoms with Crippen LogP contribution in [0.15, 0.2) is 80.1 Å². The number of fused-ring (bicyclic) bond motifs is 1. The monoisotopic (exact) mass is 565 g/mol. The van der Waals surface area contributed by atoms with Gasteiger partial charge < -0.3 is 13.9 Å². The number of ether oxygens (including phenoxy) is 2. The number of aromatic nitrogens is 1. The minimum atomic E-state index is -0.901. The van der Waals surface area contributed by atoms with E-state index in [4.69, 9.17) is 25.5 Å². The van der Waals surface area contributed by atoms with Gasteiger partial charge in [-0.3, -0.25) is 19.5 Å². The van der Waals surface area contributed by atoms with E-state index in [-0.39, 0.29) is 11.3 Å². The highest BCUT2D eigenvalue weighted by Crippen LogP contribution is 2.37. The van der Waals surface area contributed by atoms with Crippen molar-refractivity contribution in [3.05, 3.63) is 112 Å². The molecule has 39 heavy (non-hydrogen) atoms. The molecular weight excluding hydrogens is 546 g/mol. The fourth-order valence-electron chi connectivity index (χ4n) is 4.39. The van der Waals surface area contributed by atoms with Crippen molar-refractivity contribution in [3.8, 4) is 17.1 Å². The number of hydrogen-bond acceptors (Lipinski definition) is 9. The van der Waals surface area contributed by atoms with Crippen LogP contribution in [0.3, 0.4) is 0 Å². The Kier molecular flexibility index (Phi) is 6.94. The predicted octanol–water partition coefficient (Wildman–Crippen LogP) is 4.24. The Balaban J connectivity index is 1.66. The van der Waals surface area contributed by atoms with Crippen LogP contribution < -0.4 is 19.6 Å². The van der Waals surface area contributed by atoms with E-state index in [9.17, 15) is 19.7 Å². The van der Waals surface area contributed by atoms with Crippen LogP contribution in [-0.2, 0) is 9.53 Å². The van der Waals surface area contributed by atoms with Crippen molar-refractivity contribution in [2.45, 2.75) is 13.0 Å². The first-order valence-corrected chi connectivity index (χ1v) is 12.7. The van der Waals surface area contributed by atoms with Crippen molar-refractivity contribution in [1.29, 1.82) is 0 Å². The molecule has 3 heterocycles. The van der Waals surface area contributed by atoms with Crippen molar-refractivity contribution in [1.82, 2.24) is 4.57 Å². The quantitative estimate of drug-likeness (QED) is 0.194. The number of esters is 1. The lowest BCUT2D eigenvalue weighted by atomic mass is 9.95. The minimum Gasteiger partial charge on any atom is -0.496 e. The van der Waals surface area contributed by atoms with E-state index in [2.05, 4.69) is 4.99 Å². The second-order valence-electron chi connectivity index (χ2n) is 8.47. The zero-order valence-corrected chi connectivity index (χ0v) is 22.4. The topological polar surface area (TPSA) is 126 Å². The van der Waals surface area contributed by atoms with Crippen LogP contribution in [0.2, 0.25) is 5.02 Å². The van der Waals surface area contributed by atoms with Crippen LogP contribution >= 0.6 is 22.9 Å². The third-order valence-corrected chi connectivity index (χ3v) is 7.37. The van der Waals surface area contributed by atoms with Crippen molar-refractivity contribution in [3.63, 3.8) is 0 Å². The Morgan fingerprint density at radius 3 is 2.72 bits per heavy atom. The van der Waals surface area contributed by atoms with E-state index >= 15 is 0 Å². The summed E-state index contributed by atoms with van der Waals surface area (Å²) < 4.78 is 18.2. The summed E-state index contributed by atoms with van der Waals surface area (Å²) in [4.78, 5) is 42.2. The molecule has 2 aromatic carbocycles. The number of halogens is 1. The van der Waals surface area contributed by atoms with Gasteiger partial charge in [0.2, 0.25) is 0 Å². The summed E-state index contributed by atoms with van der Waals surface area (Å²) >= 11 is 7.43. The van der Waals surface area contributed by atoms with Gasteiger partial charge >= 0.3 is 5.97 Å². The van der Waals surface area contributed by atoms with Gasteiger partial charge in [-0.05, 0) is 37.3 Å². The molecule has 1 aliphatic rings. The van der Waals surface area contributed by atoms with E-state index in [0.717, 1.165) is 11.3 Å². The van der Waals surface area contributed by atoms with Crippen molar-refractivity contribution in [2.24, 2.45) is 4.99 Å². The number of carbonyl (C=O) groups excluding carboxylic acids is 1. The summed E-state index contributed by atoms with van der Waals surface area (Å²) in [6, 6.07) is 13.4. The highest BCUT2D eigenvalue weighted by molar-refractivity contribution is 7.07. The molecule has 1 aliphatic heterocycles. The lowest BCUT2D eigenvalue weighted by molar-refractivity contribution is -0.384. The van der Waals surface area contributed by atoms with Gasteiger partial charge in [-0.25, -0.2) is 9.79 Å². The molecule has 0 unspecified atom stereocenters. The van der Waals surface area contributed by atoms with Crippen molar-refractivity contribution >= 4 is 40.7 Å². The highest BCUT2D eigenvalue weighted by Gasteiger charge is 2.35. The summed E-state index contributed by atoms with van der Waals surface area (Å²) in [7, 11) is 2.75. The third-order valence-electron chi connectivity index (χ3n) is 6.15. The standard InChI is InChI=1S/C27H20ClN3O7S/c1-14-23(26(33)37-3)24(19-12-16(28)7-9-21(19)36-2)30-25(32)22(39-27(30)29-14)13-18-8-10-20(38-18)15-5-4-6-17(11-15)31(34)35/h4-13,24H,1-3H3/b22-13-/t24-/m0/s1. The molecule has 12 heteroatoms. The Morgan fingerprint density at radius 1 is 1.21 bits per heavy atom. The number of nitro benzene ring substituents is 1. The summed E-state index contributed by atoms with van der Waals surface area (Å²) in [5, 5.41) is 11.5. The van der Waals surface area contributed by atoms with Crippen LogP contribution in [0.25, 0.3) is 17.4 Å². The Bertz CT molecular complexity index is 1850. The van der Waals surface area contributed by atoms with Gasteiger partial charge in [-0.2, -0.15) is 0 Å². The molecule has 198 valence electrons. The van der Waals surface area contributed by atoms with E-state index in [0.29, 0.717) is 48.5 Å². The number of nitro groups is 1. The fraction of sp³-hybridized carbons (Fsp3) is 0.148. The maximum absolute atomic E-state index is 13.8. The number of rotatable bonds is 6. The average molecular weight is 566 g/mol. The van der Waals surface area contributed by atoms with E-state index < -0.39 is 22.5 Å². The molecule has 0 N–H and O–H groups in total. The summed E-state index contributed by atoms with van der Waals surface area (Å²) in [6.45, 7) is 1.67. The van der Waals surface area contributed by atoms with Crippen molar-refractivity contribution in [2.75, 3.05) is 14.2 Å². The van der Waals surface area contributed by atoms with E-state index in [1.807, 2.05) is 0 Å².